The third kappa shape index (κ3) is 3.15. The highest BCUT2D eigenvalue weighted by molar-refractivity contribution is 5.87. The van der Waals surface area contributed by atoms with Gasteiger partial charge in [0.1, 0.15) is 5.75 Å². The number of hydrogen-bond donors (Lipinski definition) is 1. The van der Waals surface area contributed by atoms with Crippen molar-refractivity contribution < 1.29 is 14.6 Å². The zero-order chi connectivity index (χ0) is 17.1. The van der Waals surface area contributed by atoms with Gasteiger partial charge in [0.2, 0.25) is 0 Å². The standard InChI is InChI=1S/C19H18N2O3/c1-3-24-16-10-6-14(7-11-16)18-12-17(19(22)23)20-21(18)15-8-4-13(2)5-9-15/h4-12H,3H2,1-2H3,(H,22,23). The van der Waals surface area contributed by atoms with Crippen LogP contribution in [0.1, 0.15) is 23.0 Å². The maximum Gasteiger partial charge on any atom is 0.356 e. The summed E-state index contributed by atoms with van der Waals surface area (Å²) in [5, 5.41) is 13.5. The van der Waals surface area contributed by atoms with Gasteiger partial charge in [-0.05, 0) is 56.3 Å². The number of nitrogens with zero attached hydrogens (tertiary/aromatic N) is 2. The van der Waals surface area contributed by atoms with Gasteiger partial charge in [-0.2, -0.15) is 5.10 Å². The second-order valence-electron chi connectivity index (χ2n) is 5.42. The number of aromatic carboxylic acids is 1. The molecule has 0 saturated carbocycles. The van der Waals surface area contributed by atoms with Crippen LogP contribution in [0.4, 0.5) is 0 Å². The fourth-order valence-electron chi connectivity index (χ4n) is 2.46. The Hall–Kier alpha value is -3.08. The van der Waals surface area contributed by atoms with Crippen LogP contribution in [0.25, 0.3) is 16.9 Å². The molecule has 24 heavy (non-hydrogen) atoms. The van der Waals surface area contributed by atoms with E-state index in [1.165, 1.54) is 0 Å². The van der Waals surface area contributed by atoms with Crippen molar-refractivity contribution in [3.05, 3.63) is 65.9 Å². The molecule has 122 valence electrons. The summed E-state index contributed by atoms with van der Waals surface area (Å²) < 4.78 is 7.10. The molecule has 0 spiro atoms. The minimum absolute atomic E-state index is 0.0134. The lowest BCUT2D eigenvalue weighted by atomic mass is 10.1. The summed E-state index contributed by atoms with van der Waals surface area (Å²) in [5.74, 6) is -0.269. The van der Waals surface area contributed by atoms with E-state index in [2.05, 4.69) is 5.10 Å². The van der Waals surface area contributed by atoms with Crippen molar-refractivity contribution >= 4 is 5.97 Å². The number of carbonyl (C=O) groups is 1. The quantitative estimate of drug-likeness (QED) is 0.772. The van der Waals surface area contributed by atoms with Crippen molar-refractivity contribution in [2.75, 3.05) is 6.61 Å². The van der Waals surface area contributed by atoms with Crippen molar-refractivity contribution in [3.63, 3.8) is 0 Å². The SMILES string of the molecule is CCOc1ccc(-c2cc(C(=O)O)nn2-c2ccc(C)cc2)cc1. The van der Waals surface area contributed by atoms with Gasteiger partial charge in [-0.3, -0.25) is 0 Å². The molecule has 1 heterocycles. The molecule has 5 nitrogen and oxygen atoms in total. The third-order valence-corrected chi connectivity index (χ3v) is 3.67. The average molecular weight is 322 g/mol. The molecule has 0 unspecified atom stereocenters. The highest BCUT2D eigenvalue weighted by atomic mass is 16.5. The molecule has 3 rings (SSSR count). The molecule has 5 heteroatoms. The number of carboxylic acids is 1. The third-order valence-electron chi connectivity index (χ3n) is 3.67. The van der Waals surface area contributed by atoms with Crippen LogP contribution in [0.2, 0.25) is 0 Å². The smallest absolute Gasteiger partial charge is 0.356 e. The van der Waals surface area contributed by atoms with E-state index < -0.39 is 5.97 Å². The first-order valence-corrected chi connectivity index (χ1v) is 7.72. The zero-order valence-electron chi connectivity index (χ0n) is 13.6. The van der Waals surface area contributed by atoms with Crippen LogP contribution in [0, 0.1) is 6.92 Å². The van der Waals surface area contributed by atoms with Crippen LogP contribution in [0.15, 0.2) is 54.6 Å². The Balaban J connectivity index is 2.08. The molecule has 0 saturated heterocycles. The Bertz CT molecular complexity index is 849. The lowest BCUT2D eigenvalue weighted by Crippen LogP contribution is -2.02. The normalized spacial score (nSPS) is 10.6. The molecule has 0 radical (unpaired) electrons. The molecule has 0 aliphatic rings. The van der Waals surface area contributed by atoms with Crippen LogP contribution >= 0.6 is 0 Å². The van der Waals surface area contributed by atoms with Crippen LogP contribution in [0.3, 0.4) is 0 Å². The van der Waals surface area contributed by atoms with Gasteiger partial charge in [0.15, 0.2) is 5.69 Å². The molecule has 0 aliphatic heterocycles. The van der Waals surface area contributed by atoms with Crippen molar-refractivity contribution in [1.29, 1.82) is 0 Å². The van der Waals surface area contributed by atoms with Gasteiger partial charge < -0.3 is 9.84 Å². The highest BCUT2D eigenvalue weighted by Crippen LogP contribution is 2.26. The van der Waals surface area contributed by atoms with Crippen LogP contribution < -0.4 is 4.74 Å². The Morgan fingerprint density at radius 3 is 2.38 bits per heavy atom. The maximum atomic E-state index is 11.3. The first-order chi connectivity index (χ1) is 11.6. The number of rotatable bonds is 5. The molecule has 1 N–H and O–H groups in total. The van der Waals surface area contributed by atoms with Gasteiger partial charge in [-0.25, -0.2) is 9.48 Å². The second-order valence-corrected chi connectivity index (χ2v) is 5.42. The number of benzene rings is 2. The average Bonchev–Trinajstić information content (AvgIpc) is 3.02. The summed E-state index contributed by atoms with van der Waals surface area (Å²) in [7, 11) is 0. The molecule has 3 aromatic rings. The summed E-state index contributed by atoms with van der Waals surface area (Å²) in [6.45, 7) is 4.53. The summed E-state index contributed by atoms with van der Waals surface area (Å²) in [6.07, 6.45) is 0. The van der Waals surface area contributed by atoms with Crippen molar-refractivity contribution in [1.82, 2.24) is 9.78 Å². The largest absolute Gasteiger partial charge is 0.494 e. The van der Waals surface area contributed by atoms with E-state index in [-0.39, 0.29) is 5.69 Å². The molecule has 2 aromatic carbocycles. The predicted octanol–water partition coefficient (Wildman–Crippen LogP) is 3.94. The van der Waals surface area contributed by atoms with Gasteiger partial charge in [0, 0.05) is 5.56 Å². The highest BCUT2D eigenvalue weighted by Gasteiger charge is 2.16. The van der Waals surface area contributed by atoms with Gasteiger partial charge >= 0.3 is 5.97 Å². The fraction of sp³-hybridized carbons (Fsp3) is 0.158. The Labute approximate surface area is 140 Å². The maximum absolute atomic E-state index is 11.3. The summed E-state index contributed by atoms with van der Waals surface area (Å²) in [5.41, 5.74) is 3.56. The summed E-state index contributed by atoms with van der Waals surface area (Å²) >= 11 is 0. The number of aromatic nitrogens is 2. The van der Waals surface area contributed by atoms with E-state index in [0.29, 0.717) is 6.61 Å². The van der Waals surface area contributed by atoms with E-state index in [9.17, 15) is 9.90 Å². The molecule has 0 amide bonds. The van der Waals surface area contributed by atoms with Crippen molar-refractivity contribution in [2.45, 2.75) is 13.8 Å². The van der Waals surface area contributed by atoms with E-state index in [1.807, 2.05) is 62.4 Å². The van der Waals surface area contributed by atoms with Crippen LogP contribution in [0.5, 0.6) is 5.75 Å². The molecular formula is C19H18N2O3. The van der Waals surface area contributed by atoms with E-state index in [1.54, 1.807) is 10.7 Å². The van der Waals surface area contributed by atoms with Crippen molar-refractivity contribution in [2.24, 2.45) is 0 Å². The van der Waals surface area contributed by atoms with E-state index >= 15 is 0 Å². The van der Waals surface area contributed by atoms with Crippen LogP contribution in [-0.4, -0.2) is 27.5 Å². The van der Waals surface area contributed by atoms with E-state index in [4.69, 9.17) is 4.74 Å². The molecule has 0 atom stereocenters. The van der Waals surface area contributed by atoms with Gasteiger partial charge in [-0.1, -0.05) is 17.7 Å². The molecular weight excluding hydrogens is 304 g/mol. The summed E-state index contributed by atoms with van der Waals surface area (Å²) in [4.78, 5) is 11.3. The van der Waals surface area contributed by atoms with E-state index in [0.717, 1.165) is 28.3 Å². The number of carboxylic acid groups (broad SMARTS) is 1. The first kappa shape index (κ1) is 15.8. The molecule has 0 bridgehead atoms. The molecule has 0 fully saturated rings. The van der Waals surface area contributed by atoms with Gasteiger partial charge in [0.05, 0.1) is 18.0 Å². The number of hydrogen-bond acceptors (Lipinski definition) is 3. The first-order valence-electron chi connectivity index (χ1n) is 7.72. The van der Waals surface area contributed by atoms with Crippen molar-refractivity contribution in [3.8, 4) is 22.7 Å². The summed E-state index contributed by atoms with van der Waals surface area (Å²) in [6, 6.07) is 16.9. The monoisotopic (exact) mass is 322 g/mol. The Morgan fingerprint density at radius 1 is 1.12 bits per heavy atom. The number of aryl methyl sites for hydroxylation is 1. The number of ether oxygens (including phenoxy) is 1. The molecule has 0 aliphatic carbocycles. The topological polar surface area (TPSA) is 64.3 Å². The predicted molar refractivity (Wildman–Crippen MR) is 91.9 cm³/mol. The zero-order valence-corrected chi connectivity index (χ0v) is 13.6. The minimum atomic E-state index is -1.05. The Kier molecular flexibility index (Phi) is 4.33. The second kappa shape index (κ2) is 6.58. The fourth-order valence-corrected chi connectivity index (χ4v) is 2.46. The van der Waals surface area contributed by atoms with Gasteiger partial charge in [0.25, 0.3) is 0 Å². The lowest BCUT2D eigenvalue weighted by Gasteiger charge is -2.09. The van der Waals surface area contributed by atoms with Crippen LogP contribution in [-0.2, 0) is 0 Å². The molecule has 1 aromatic heterocycles. The van der Waals surface area contributed by atoms with Gasteiger partial charge in [-0.15, -0.1) is 0 Å². The lowest BCUT2D eigenvalue weighted by molar-refractivity contribution is 0.0690. The Morgan fingerprint density at radius 2 is 1.79 bits per heavy atom. The minimum Gasteiger partial charge on any atom is -0.494 e.